The van der Waals surface area contributed by atoms with Gasteiger partial charge in [0.25, 0.3) is 5.91 Å². The first kappa shape index (κ1) is 27.9. The van der Waals surface area contributed by atoms with E-state index in [0.717, 1.165) is 5.75 Å². The summed E-state index contributed by atoms with van der Waals surface area (Å²) in [5, 5.41) is 5.42. The van der Waals surface area contributed by atoms with Crippen LogP contribution in [0.3, 0.4) is 0 Å². The maximum absolute atomic E-state index is 12.7. The summed E-state index contributed by atoms with van der Waals surface area (Å²) >= 11 is 5.40. The van der Waals surface area contributed by atoms with Crippen LogP contribution in [0.1, 0.15) is 23.7 Å². The lowest BCUT2D eigenvalue weighted by Gasteiger charge is -2.36. The van der Waals surface area contributed by atoms with E-state index < -0.39 is 17.9 Å². The SMILES string of the molecule is CCOCCOC(=O)CC1C(=O)NCCN1C(=S)NC(=O)c1ccc(OCCOc2ccccc2)cc1. The van der Waals surface area contributed by atoms with E-state index in [1.807, 2.05) is 37.3 Å². The summed E-state index contributed by atoms with van der Waals surface area (Å²) in [6, 6.07) is 15.1. The molecule has 1 saturated heterocycles. The van der Waals surface area contributed by atoms with Crippen LogP contribution < -0.4 is 20.1 Å². The summed E-state index contributed by atoms with van der Waals surface area (Å²) in [7, 11) is 0. The molecule has 0 aromatic heterocycles. The minimum Gasteiger partial charge on any atom is -0.490 e. The van der Waals surface area contributed by atoms with Gasteiger partial charge in [0, 0.05) is 25.3 Å². The van der Waals surface area contributed by atoms with Crippen molar-refractivity contribution in [3.8, 4) is 11.5 Å². The van der Waals surface area contributed by atoms with Crippen LogP contribution in [0.15, 0.2) is 54.6 Å². The fourth-order valence-electron chi connectivity index (χ4n) is 3.52. The molecule has 2 amide bonds. The third kappa shape index (κ3) is 9.03. The second kappa shape index (κ2) is 14.8. The van der Waals surface area contributed by atoms with E-state index in [0.29, 0.717) is 44.2 Å². The highest BCUT2D eigenvalue weighted by Gasteiger charge is 2.34. The quantitative estimate of drug-likeness (QED) is 0.242. The molecule has 1 fully saturated rings. The van der Waals surface area contributed by atoms with Gasteiger partial charge < -0.3 is 29.2 Å². The van der Waals surface area contributed by atoms with Crippen LogP contribution in [0.5, 0.6) is 11.5 Å². The van der Waals surface area contributed by atoms with Crippen molar-refractivity contribution in [2.24, 2.45) is 0 Å². The maximum Gasteiger partial charge on any atom is 0.308 e. The van der Waals surface area contributed by atoms with Crippen molar-refractivity contribution in [1.82, 2.24) is 15.5 Å². The van der Waals surface area contributed by atoms with E-state index >= 15 is 0 Å². The van der Waals surface area contributed by atoms with E-state index in [1.54, 1.807) is 24.3 Å². The molecule has 1 atom stereocenters. The van der Waals surface area contributed by atoms with E-state index in [9.17, 15) is 14.4 Å². The number of thiocarbonyl (C=S) groups is 1. The van der Waals surface area contributed by atoms with Gasteiger partial charge in [-0.3, -0.25) is 19.7 Å². The van der Waals surface area contributed by atoms with Gasteiger partial charge in [0.05, 0.1) is 13.0 Å². The van der Waals surface area contributed by atoms with Crippen molar-refractivity contribution in [2.45, 2.75) is 19.4 Å². The minimum absolute atomic E-state index is 0.0605. The van der Waals surface area contributed by atoms with Crippen LogP contribution in [0.4, 0.5) is 0 Å². The number of nitrogens with zero attached hydrogens (tertiary/aromatic N) is 1. The number of amides is 2. The second-order valence-corrected chi connectivity index (χ2v) is 8.30. The Morgan fingerprint density at radius 1 is 1.00 bits per heavy atom. The lowest BCUT2D eigenvalue weighted by Crippen LogP contribution is -2.60. The van der Waals surface area contributed by atoms with Crippen LogP contribution in [0.2, 0.25) is 0 Å². The third-order valence-electron chi connectivity index (χ3n) is 5.35. The van der Waals surface area contributed by atoms with Gasteiger partial charge in [-0.05, 0) is 55.5 Å². The van der Waals surface area contributed by atoms with Gasteiger partial charge >= 0.3 is 5.97 Å². The molecule has 0 radical (unpaired) electrons. The molecule has 1 unspecified atom stereocenters. The van der Waals surface area contributed by atoms with Crippen molar-refractivity contribution in [1.29, 1.82) is 0 Å². The summed E-state index contributed by atoms with van der Waals surface area (Å²) in [6.07, 6.45) is -0.200. The molecule has 1 aliphatic rings. The number of hydrogen-bond acceptors (Lipinski definition) is 8. The molecule has 198 valence electrons. The van der Waals surface area contributed by atoms with Gasteiger partial charge in [-0.2, -0.15) is 0 Å². The molecule has 2 aromatic carbocycles. The highest BCUT2D eigenvalue weighted by Crippen LogP contribution is 2.14. The van der Waals surface area contributed by atoms with Crippen LogP contribution in [0.25, 0.3) is 0 Å². The van der Waals surface area contributed by atoms with Crippen molar-refractivity contribution in [3.05, 3.63) is 60.2 Å². The Labute approximate surface area is 221 Å². The lowest BCUT2D eigenvalue weighted by atomic mass is 10.1. The molecular weight excluding hydrogens is 498 g/mol. The first-order valence-electron chi connectivity index (χ1n) is 12.0. The molecule has 37 heavy (non-hydrogen) atoms. The fourth-order valence-corrected chi connectivity index (χ4v) is 3.83. The number of rotatable bonds is 12. The maximum atomic E-state index is 12.7. The Morgan fingerprint density at radius 3 is 2.35 bits per heavy atom. The highest BCUT2D eigenvalue weighted by molar-refractivity contribution is 7.80. The molecule has 11 heteroatoms. The second-order valence-electron chi connectivity index (χ2n) is 7.92. The minimum atomic E-state index is -0.880. The van der Waals surface area contributed by atoms with Gasteiger partial charge in [0.1, 0.15) is 37.4 Å². The summed E-state index contributed by atoms with van der Waals surface area (Å²) in [4.78, 5) is 38.9. The van der Waals surface area contributed by atoms with Gasteiger partial charge in [-0.1, -0.05) is 18.2 Å². The van der Waals surface area contributed by atoms with Gasteiger partial charge in [0.2, 0.25) is 5.91 Å². The molecular formula is C26H31N3O7S. The number of nitrogens with one attached hydrogen (secondary N) is 2. The molecule has 0 aliphatic carbocycles. The molecule has 1 aliphatic heterocycles. The van der Waals surface area contributed by atoms with E-state index in [4.69, 9.17) is 31.2 Å². The predicted octanol–water partition coefficient (Wildman–Crippen LogP) is 1.93. The summed E-state index contributed by atoms with van der Waals surface area (Å²) < 4.78 is 21.5. The largest absolute Gasteiger partial charge is 0.490 e. The molecule has 3 rings (SSSR count). The molecule has 10 nitrogen and oxygen atoms in total. The number of ether oxygens (including phenoxy) is 4. The number of carbonyl (C=O) groups excluding carboxylic acids is 3. The number of esters is 1. The van der Waals surface area contributed by atoms with E-state index in [2.05, 4.69) is 10.6 Å². The molecule has 1 heterocycles. The molecule has 0 spiro atoms. The molecule has 0 saturated carbocycles. The molecule has 0 bridgehead atoms. The zero-order valence-corrected chi connectivity index (χ0v) is 21.5. The normalized spacial score (nSPS) is 14.9. The standard InChI is InChI=1S/C26H31N3O7S/c1-2-33-14-15-36-23(30)18-22-25(32)27-12-13-29(22)26(37)28-24(31)19-8-10-21(11-9-19)35-17-16-34-20-6-4-3-5-7-20/h3-11,22H,2,12-18H2,1H3,(H,27,32)(H,28,31,37). The Bertz CT molecular complexity index is 1050. The van der Waals surface area contributed by atoms with E-state index in [1.165, 1.54) is 4.90 Å². The number of para-hydroxylation sites is 1. The summed E-state index contributed by atoms with van der Waals surface area (Å²) in [5.41, 5.74) is 0.364. The van der Waals surface area contributed by atoms with Crippen molar-refractivity contribution in [3.63, 3.8) is 0 Å². The van der Waals surface area contributed by atoms with Crippen LogP contribution in [-0.2, 0) is 19.1 Å². The zero-order chi connectivity index (χ0) is 26.5. The molecule has 2 N–H and O–H groups in total. The van der Waals surface area contributed by atoms with Crippen molar-refractivity contribution in [2.75, 3.05) is 46.1 Å². The highest BCUT2D eigenvalue weighted by atomic mass is 32.1. The topological polar surface area (TPSA) is 115 Å². The zero-order valence-electron chi connectivity index (χ0n) is 20.6. The van der Waals surface area contributed by atoms with Gasteiger partial charge in [0.15, 0.2) is 5.11 Å². The third-order valence-corrected chi connectivity index (χ3v) is 5.68. The van der Waals surface area contributed by atoms with Crippen LogP contribution in [0, 0.1) is 0 Å². The number of hydrogen-bond donors (Lipinski definition) is 2. The smallest absolute Gasteiger partial charge is 0.308 e. The first-order valence-corrected chi connectivity index (χ1v) is 12.4. The fraction of sp³-hybridized carbons (Fsp3) is 0.385. The van der Waals surface area contributed by atoms with Gasteiger partial charge in [-0.25, -0.2) is 0 Å². The van der Waals surface area contributed by atoms with Crippen molar-refractivity contribution < 1.29 is 33.3 Å². The Hall–Kier alpha value is -3.70. The number of benzene rings is 2. The predicted molar refractivity (Wildman–Crippen MR) is 140 cm³/mol. The Kier molecular flexibility index (Phi) is 11.1. The average molecular weight is 530 g/mol. The number of carbonyl (C=O) groups is 3. The number of piperazine rings is 1. The average Bonchev–Trinajstić information content (AvgIpc) is 2.91. The molecule has 2 aromatic rings. The Balaban J connectivity index is 1.47. The van der Waals surface area contributed by atoms with Crippen LogP contribution >= 0.6 is 12.2 Å². The first-order chi connectivity index (χ1) is 18.0. The van der Waals surface area contributed by atoms with Crippen molar-refractivity contribution >= 4 is 35.1 Å². The van der Waals surface area contributed by atoms with Gasteiger partial charge in [-0.15, -0.1) is 0 Å². The van der Waals surface area contributed by atoms with Crippen LogP contribution in [-0.4, -0.2) is 80.0 Å². The Morgan fingerprint density at radius 2 is 1.68 bits per heavy atom. The monoisotopic (exact) mass is 529 g/mol. The van der Waals surface area contributed by atoms with E-state index in [-0.39, 0.29) is 30.7 Å². The summed E-state index contributed by atoms with van der Waals surface area (Å²) in [6.45, 7) is 4.15. The lowest BCUT2D eigenvalue weighted by molar-refractivity contribution is -0.148. The summed E-state index contributed by atoms with van der Waals surface area (Å²) in [5.74, 6) is 0.00774.